The summed E-state index contributed by atoms with van der Waals surface area (Å²) in [7, 11) is 1.59. The Kier molecular flexibility index (Phi) is 5.62. The van der Waals surface area contributed by atoms with Gasteiger partial charge < -0.3 is 10.1 Å². The number of ether oxygens (including phenoxy) is 1. The summed E-state index contributed by atoms with van der Waals surface area (Å²) in [5.74, 6) is 0.404. The average molecular weight is 373 g/mol. The third-order valence-electron chi connectivity index (χ3n) is 3.20. The molecule has 0 radical (unpaired) electrons. The Morgan fingerprint density at radius 2 is 2.05 bits per heavy atom. The minimum atomic E-state index is -0.292. The van der Waals surface area contributed by atoms with Crippen molar-refractivity contribution in [3.63, 3.8) is 0 Å². The molecule has 0 saturated carbocycles. The van der Waals surface area contributed by atoms with Crippen LogP contribution in [-0.4, -0.2) is 13.7 Å². The van der Waals surface area contributed by atoms with Crippen molar-refractivity contribution in [2.24, 2.45) is 0 Å². The van der Waals surface area contributed by atoms with Crippen LogP contribution in [0.5, 0.6) is 5.75 Å². The first-order chi connectivity index (χ1) is 10.1. The van der Waals surface area contributed by atoms with E-state index in [2.05, 4.69) is 21.2 Å². The summed E-state index contributed by atoms with van der Waals surface area (Å²) in [4.78, 5) is 0. The molecule has 1 unspecified atom stereocenters. The zero-order chi connectivity index (χ0) is 15.4. The van der Waals surface area contributed by atoms with E-state index in [1.807, 2.05) is 25.1 Å². The molecule has 0 aliphatic rings. The third kappa shape index (κ3) is 3.76. The molecular weight excluding hydrogens is 357 g/mol. The van der Waals surface area contributed by atoms with Crippen LogP contribution in [-0.2, 0) is 0 Å². The zero-order valence-corrected chi connectivity index (χ0v) is 14.1. The van der Waals surface area contributed by atoms with E-state index in [0.717, 1.165) is 17.7 Å². The van der Waals surface area contributed by atoms with Crippen molar-refractivity contribution >= 4 is 27.5 Å². The van der Waals surface area contributed by atoms with Crippen molar-refractivity contribution in [2.75, 3.05) is 13.7 Å². The Balaban J connectivity index is 2.45. The highest BCUT2D eigenvalue weighted by Crippen LogP contribution is 2.32. The maximum atomic E-state index is 13.8. The van der Waals surface area contributed by atoms with Gasteiger partial charge >= 0.3 is 0 Å². The first-order valence-electron chi connectivity index (χ1n) is 6.58. The van der Waals surface area contributed by atoms with E-state index in [9.17, 15) is 4.39 Å². The van der Waals surface area contributed by atoms with Crippen molar-refractivity contribution in [3.8, 4) is 5.75 Å². The van der Waals surface area contributed by atoms with E-state index < -0.39 is 0 Å². The lowest BCUT2D eigenvalue weighted by Crippen LogP contribution is -2.22. The van der Waals surface area contributed by atoms with Gasteiger partial charge in [-0.15, -0.1) is 0 Å². The van der Waals surface area contributed by atoms with E-state index in [1.165, 1.54) is 6.07 Å². The monoisotopic (exact) mass is 371 g/mol. The molecule has 0 aromatic heterocycles. The van der Waals surface area contributed by atoms with Crippen LogP contribution in [0.3, 0.4) is 0 Å². The van der Waals surface area contributed by atoms with Crippen molar-refractivity contribution in [3.05, 3.63) is 62.8 Å². The molecule has 2 aromatic rings. The lowest BCUT2D eigenvalue weighted by atomic mass is 9.98. The normalized spacial score (nSPS) is 12.2. The summed E-state index contributed by atoms with van der Waals surface area (Å²) < 4.78 is 19.4. The van der Waals surface area contributed by atoms with Gasteiger partial charge in [0.2, 0.25) is 0 Å². The molecule has 2 rings (SSSR count). The fraction of sp³-hybridized carbons (Fsp3) is 0.250. The maximum Gasteiger partial charge on any atom is 0.137 e. The van der Waals surface area contributed by atoms with Gasteiger partial charge in [-0.25, -0.2) is 4.39 Å². The number of hydrogen-bond acceptors (Lipinski definition) is 2. The van der Waals surface area contributed by atoms with E-state index in [0.29, 0.717) is 15.2 Å². The van der Waals surface area contributed by atoms with Crippen molar-refractivity contribution in [2.45, 2.75) is 13.0 Å². The summed E-state index contributed by atoms with van der Waals surface area (Å²) in [5.41, 5.74) is 1.71. The minimum absolute atomic E-state index is 0.170. The summed E-state index contributed by atoms with van der Waals surface area (Å²) in [5, 5.41) is 3.92. The highest BCUT2D eigenvalue weighted by molar-refractivity contribution is 9.10. The molecule has 1 atom stereocenters. The van der Waals surface area contributed by atoms with Crippen molar-refractivity contribution < 1.29 is 9.13 Å². The summed E-state index contributed by atoms with van der Waals surface area (Å²) in [6.07, 6.45) is 0. The minimum Gasteiger partial charge on any atom is -0.497 e. The Morgan fingerprint density at radius 1 is 1.29 bits per heavy atom. The maximum absolute atomic E-state index is 13.8. The lowest BCUT2D eigenvalue weighted by molar-refractivity contribution is 0.414. The lowest BCUT2D eigenvalue weighted by Gasteiger charge is -2.21. The predicted octanol–water partition coefficient (Wildman–Crippen LogP) is 4.95. The second kappa shape index (κ2) is 7.25. The molecule has 0 spiro atoms. The van der Waals surface area contributed by atoms with E-state index in [-0.39, 0.29) is 11.9 Å². The SMILES string of the molecule is CCNC(c1ccc(Br)c(F)c1)c1ccc(OC)cc1Cl. The van der Waals surface area contributed by atoms with Crippen LogP contribution in [0.1, 0.15) is 24.1 Å². The van der Waals surface area contributed by atoms with Gasteiger partial charge in [-0.3, -0.25) is 0 Å². The molecule has 2 nitrogen and oxygen atoms in total. The fourth-order valence-electron chi connectivity index (χ4n) is 2.17. The molecule has 2 aromatic carbocycles. The number of benzene rings is 2. The van der Waals surface area contributed by atoms with Gasteiger partial charge in [-0.05, 0) is 57.9 Å². The molecule has 1 N–H and O–H groups in total. The second-order valence-corrected chi connectivity index (χ2v) is 5.81. The number of methoxy groups -OCH3 is 1. The van der Waals surface area contributed by atoms with Gasteiger partial charge in [-0.1, -0.05) is 30.7 Å². The summed E-state index contributed by atoms with van der Waals surface area (Å²) in [6, 6.07) is 10.4. The number of rotatable bonds is 5. The van der Waals surface area contributed by atoms with Crippen LogP contribution in [0.4, 0.5) is 4.39 Å². The predicted molar refractivity (Wildman–Crippen MR) is 87.6 cm³/mol. The molecule has 0 fully saturated rings. The number of hydrogen-bond donors (Lipinski definition) is 1. The summed E-state index contributed by atoms with van der Waals surface area (Å²) in [6.45, 7) is 2.74. The van der Waals surface area contributed by atoms with Crippen LogP contribution < -0.4 is 10.1 Å². The fourth-order valence-corrected chi connectivity index (χ4v) is 2.70. The molecule has 0 aliphatic heterocycles. The molecule has 0 heterocycles. The number of nitrogens with one attached hydrogen (secondary N) is 1. The Morgan fingerprint density at radius 3 is 2.62 bits per heavy atom. The Bertz CT molecular complexity index is 636. The van der Waals surface area contributed by atoms with Gasteiger partial charge in [0.1, 0.15) is 11.6 Å². The quantitative estimate of drug-likeness (QED) is 0.802. The van der Waals surface area contributed by atoms with Crippen LogP contribution in [0.25, 0.3) is 0 Å². The largest absolute Gasteiger partial charge is 0.497 e. The van der Waals surface area contributed by atoms with E-state index >= 15 is 0 Å². The zero-order valence-electron chi connectivity index (χ0n) is 11.8. The van der Waals surface area contributed by atoms with Gasteiger partial charge in [0.05, 0.1) is 17.6 Å². The first kappa shape index (κ1) is 16.3. The topological polar surface area (TPSA) is 21.3 Å². The molecule has 0 amide bonds. The molecule has 112 valence electrons. The van der Waals surface area contributed by atoms with E-state index in [1.54, 1.807) is 19.2 Å². The van der Waals surface area contributed by atoms with Gasteiger partial charge in [-0.2, -0.15) is 0 Å². The summed E-state index contributed by atoms with van der Waals surface area (Å²) >= 11 is 9.51. The van der Waals surface area contributed by atoms with Crippen LogP contribution in [0, 0.1) is 5.82 Å². The number of halogens is 3. The highest BCUT2D eigenvalue weighted by atomic mass is 79.9. The standard InChI is InChI=1S/C16H16BrClFNO/c1-3-20-16(10-4-7-13(17)15(19)8-10)12-6-5-11(21-2)9-14(12)18/h4-9,16,20H,3H2,1-2H3. The van der Waals surface area contributed by atoms with E-state index in [4.69, 9.17) is 16.3 Å². The van der Waals surface area contributed by atoms with Crippen molar-refractivity contribution in [1.82, 2.24) is 5.32 Å². The third-order valence-corrected chi connectivity index (χ3v) is 4.17. The molecule has 5 heteroatoms. The second-order valence-electron chi connectivity index (χ2n) is 4.55. The highest BCUT2D eigenvalue weighted by Gasteiger charge is 2.17. The average Bonchev–Trinajstić information content (AvgIpc) is 2.48. The van der Waals surface area contributed by atoms with Gasteiger partial charge in [0.25, 0.3) is 0 Å². The Labute approximate surface area is 137 Å². The molecule has 21 heavy (non-hydrogen) atoms. The molecular formula is C16H16BrClFNO. The van der Waals surface area contributed by atoms with Crippen molar-refractivity contribution in [1.29, 1.82) is 0 Å². The van der Waals surface area contributed by atoms with Gasteiger partial charge in [0, 0.05) is 5.02 Å². The van der Waals surface area contributed by atoms with Crippen LogP contribution in [0.15, 0.2) is 40.9 Å². The Hall–Kier alpha value is -1.10. The molecule has 0 aliphatic carbocycles. The smallest absolute Gasteiger partial charge is 0.137 e. The van der Waals surface area contributed by atoms with Crippen LogP contribution in [0.2, 0.25) is 5.02 Å². The molecule has 0 bridgehead atoms. The van der Waals surface area contributed by atoms with Gasteiger partial charge in [0.15, 0.2) is 0 Å². The van der Waals surface area contributed by atoms with Crippen LogP contribution >= 0.6 is 27.5 Å². The molecule has 0 saturated heterocycles. The first-order valence-corrected chi connectivity index (χ1v) is 7.75.